The van der Waals surface area contributed by atoms with E-state index in [1.807, 2.05) is 0 Å². The van der Waals surface area contributed by atoms with Gasteiger partial charge in [0.25, 0.3) is 5.69 Å². The molecule has 0 saturated heterocycles. The molecule has 2 unspecified atom stereocenters. The Balaban J connectivity index is 1.31. The molecule has 8 heteroatoms. The van der Waals surface area contributed by atoms with Crippen LogP contribution >= 0.6 is 0 Å². The van der Waals surface area contributed by atoms with Crippen LogP contribution in [-0.4, -0.2) is 41.2 Å². The smallest absolute Gasteiger partial charge is 0.338 e. The minimum absolute atomic E-state index is 0.0131. The van der Waals surface area contributed by atoms with Crippen LogP contribution in [0.3, 0.4) is 0 Å². The van der Waals surface area contributed by atoms with Crippen molar-refractivity contribution in [1.82, 2.24) is 5.32 Å². The summed E-state index contributed by atoms with van der Waals surface area (Å²) in [5, 5.41) is 13.9. The lowest BCUT2D eigenvalue weighted by Gasteiger charge is -2.61. The summed E-state index contributed by atoms with van der Waals surface area (Å²) in [6.45, 7) is 2.00. The molecule has 0 spiro atoms. The van der Waals surface area contributed by atoms with E-state index in [0.717, 1.165) is 32.1 Å². The average Bonchev–Trinajstić information content (AvgIpc) is 2.63. The number of non-ortho nitro benzene ring substituents is 1. The highest BCUT2D eigenvalue weighted by Gasteiger charge is 2.58. The number of hydrogen-bond acceptors (Lipinski definition) is 6. The van der Waals surface area contributed by atoms with Crippen LogP contribution in [0.2, 0.25) is 0 Å². The first-order valence-corrected chi connectivity index (χ1v) is 10.1. The quantitative estimate of drug-likeness (QED) is 0.325. The van der Waals surface area contributed by atoms with Crippen LogP contribution in [0.4, 0.5) is 5.69 Å². The van der Waals surface area contributed by atoms with Crippen molar-refractivity contribution in [2.45, 2.75) is 56.6 Å². The molecule has 2 atom stereocenters. The number of hydrogen-bond donors (Lipinski definition) is 1. The maximum Gasteiger partial charge on any atom is 0.338 e. The van der Waals surface area contributed by atoms with Crippen molar-refractivity contribution in [3.8, 4) is 0 Å². The van der Waals surface area contributed by atoms with E-state index in [1.54, 1.807) is 6.92 Å². The third-order valence-corrected chi connectivity index (χ3v) is 6.49. The first kappa shape index (κ1) is 19.8. The monoisotopic (exact) mass is 402 g/mol. The number of nitro benzene ring substituents is 1. The third-order valence-electron chi connectivity index (χ3n) is 6.49. The van der Waals surface area contributed by atoms with Crippen molar-refractivity contribution in [3.05, 3.63) is 39.9 Å². The molecule has 156 valence electrons. The standard InChI is InChI=1S/C21H26N2O6/c1-14(24)22-20-9-15-8-16(10-20)12-21(11-15,13-20)29-7-6-28-19(25)17-2-4-18(5-3-17)23(26)27/h2-5,15-16H,6-13H2,1H3,(H,22,24). The van der Waals surface area contributed by atoms with Gasteiger partial charge in [0, 0.05) is 24.6 Å². The second kappa shape index (κ2) is 7.40. The number of amides is 1. The van der Waals surface area contributed by atoms with Gasteiger partial charge in [0.15, 0.2) is 0 Å². The molecule has 1 amide bonds. The highest BCUT2D eigenvalue weighted by atomic mass is 16.6. The number of benzene rings is 1. The van der Waals surface area contributed by atoms with Crippen LogP contribution in [-0.2, 0) is 14.3 Å². The predicted octanol–water partition coefficient (Wildman–Crippen LogP) is 3.00. The Morgan fingerprint density at radius 3 is 2.38 bits per heavy atom. The van der Waals surface area contributed by atoms with Crippen molar-refractivity contribution >= 4 is 17.6 Å². The van der Waals surface area contributed by atoms with Gasteiger partial charge in [0.05, 0.1) is 22.7 Å². The number of nitrogens with one attached hydrogen (secondary N) is 1. The first-order valence-electron chi connectivity index (χ1n) is 10.1. The van der Waals surface area contributed by atoms with Gasteiger partial charge < -0.3 is 14.8 Å². The first-order chi connectivity index (χ1) is 13.8. The molecule has 1 N–H and O–H groups in total. The van der Waals surface area contributed by atoms with Crippen LogP contribution in [0.5, 0.6) is 0 Å². The summed E-state index contributed by atoms with van der Waals surface area (Å²) in [7, 11) is 0. The molecule has 0 aromatic heterocycles. The lowest BCUT2D eigenvalue weighted by Crippen LogP contribution is -2.66. The number of rotatable bonds is 7. The summed E-state index contributed by atoms with van der Waals surface area (Å²) in [6, 6.07) is 5.34. The molecule has 4 aliphatic rings. The number of nitrogens with zero attached hydrogens (tertiary/aromatic N) is 1. The Hall–Kier alpha value is -2.48. The predicted molar refractivity (Wildman–Crippen MR) is 103 cm³/mol. The SMILES string of the molecule is CC(=O)NC12CC3CC(C1)CC(OCCOC(=O)c1ccc([N+](=O)[O-])cc1)(C3)C2. The molecule has 4 bridgehead atoms. The number of nitro groups is 1. The van der Waals surface area contributed by atoms with Gasteiger partial charge in [0.2, 0.25) is 5.91 Å². The summed E-state index contributed by atoms with van der Waals surface area (Å²) in [5.74, 6) is 0.638. The molecule has 5 rings (SSSR count). The van der Waals surface area contributed by atoms with Gasteiger partial charge in [-0.05, 0) is 62.5 Å². The maximum atomic E-state index is 12.1. The Morgan fingerprint density at radius 1 is 1.14 bits per heavy atom. The molecule has 1 aromatic carbocycles. The summed E-state index contributed by atoms with van der Waals surface area (Å²) >= 11 is 0. The third kappa shape index (κ3) is 4.12. The Kier molecular flexibility index (Phi) is 5.06. The topological polar surface area (TPSA) is 108 Å². The highest BCUT2D eigenvalue weighted by Crippen LogP contribution is 2.58. The van der Waals surface area contributed by atoms with Gasteiger partial charge >= 0.3 is 5.97 Å². The van der Waals surface area contributed by atoms with E-state index in [1.165, 1.54) is 30.7 Å². The molecule has 0 heterocycles. The van der Waals surface area contributed by atoms with Crippen LogP contribution in [0.15, 0.2) is 24.3 Å². The van der Waals surface area contributed by atoms with E-state index in [2.05, 4.69) is 5.32 Å². The molecule has 4 saturated carbocycles. The Morgan fingerprint density at radius 2 is 1.79 bits per heavy atom. The Labute approximate surface area is 169 Å². The molecule has 29 heavy (non-hydrogen) atoms. The number of esters is 1. The van der Waals surface area contributed by atoms with Gasteiger partial charge in [-0.3, -0.25) is 14.9 Å². The van der Waals surface area contributed by atoms with Crippen LogP contribution < -0.4 is 5.32 Å². The van der Waals surface area contributed by atoms with Crippen molar-refractivity contribution in [2.24, 2.45) is 11.8 Å². The van der Waals surface area contributed by atoms with Crippen molar-refractivity contribution in [3.63, 3.8) is 0 Å². The van der Waals surface area contributed by atoms with E-state index in [4.69, 9.17) is 9.47 Å². The fourth-order valence-corrected chi connectivity index (χ4v) is 6.06. The lowest BCUT2D eigenvalue weighted by molar-refractivity contribution is -0.384. The van der Waals surface area contributed by atoms with Crippen LogP contribution in [0, 0.1) is 22.0 Å². The second-order valence-corrected chi connectivity index (χ2v) is 8.89. The zero-order valence-corrected chi connectivity index (χ0v) is 16.5. The molecular weight excluding hydrogens is 376 g/mol. The maximum absolute atomic E-state index is 12.1. The Bertz CT molecular complexity index is 807. The van der Waals surface area contributed by atoms with Gasteiger partial charge in [-0.1, -0.05) is 0 Å². The van der Waals surface area contributed by atoms with E-state index >= 15 is 0 Å². The summed E-state index contributed by atoms with van der Waals surface area (Å²) < 4.78 is 11.5. The average molecular weight is 402 g/mol. The molecule has 4 aliphatic carbocycles. The van der Waals surface area contributed by atoms with Gasteiger partial charge in [-0.2, -0.15) is 0 Å². The zero-order valence-electron chi connectivity index (χ0n) is 16.5. The van der Waals surface area contributed by atoms with Gasteiger partial charge in [0.1, 0.15) is 6.61 Å². The second-order valence-electron chi connectivity index (χ2n) is 8.89. The van der Waals surface area contributed by atoms with E-state index < -0.39 is 10.9 Å². The van der Waals surface area contributed by atoms with Gasteiger partial charge in [-0.15, -0.1) is 0 Å². The minimum atomic E-state index is -0.524. The van der Waals surface area contributed by atoms with E-state index in [9.17, 15) is 19.7 Å². The van der Waals surface area contributed by atoms with Crippen molar-refractivity contribution in [1.29, 1.82) is 0 Å². The molecule has 1 aromatic rings. The molecule has 0 radical (unpaired) electrons. The molecular formula is C21H26N2O6. The summed E-state index contributed by atoms with van der Waals surface area (Å²) in [4.78, 5) is 34.0. The fourth-order valence-electron chi connectivity index (χ4n) is 6.06. The van der Waals surface area contributed by atoms with Crippen molar-refractivity contribution in [2.75, 3.05) is 13.2 Å². The summed E-state index contributed by atoms with van der Waals surface area (Å²) in [6.07, 6.45) is 6.10. The summed E-state index contributed by atoms with van der Waals surface area (Å²) in [5.41, 5.74) is -0.188. The zero-order chi connectivity index (χ0) is 20.6. The molecule has 0 aliphatic heterocycles. The molecule has 8 nitrogen and oxygen atoms in total. The van der Waals surface area contributed by atoms with Crippen molar-refractivity contribution < 1.29 is 24.0 Å². The van der Waals surface area contributed by atoms with E-state index in [-0.39, 0.29) is 34.9 Å². The lowest BCUT2D eigenvalue weighted by atomic mass is 9.51. The van der Waals surface area contributed by atoms with Gasteiger partial charge in [-0.25, -0.2) is 4.79 Å². The van der Waals surface area contributed by atoms with Crippen LogP contribution in [0.1, 0.15) is 55.8 Å². The highest BCUT2D eigenvalue weighted by molar-refractivity contribution is 5.89. The normalized spacial score (nSPS) is 32.0. The largest absolute Gasteiger partial charge is 0.460 e. The molecule has 4 fully saturated rings. The van der Waals surface area contributed by atoms with Crippen LogP contribution in [0.25, 0.3) is 0 Å². The minimum Gasteiger partial charge on any atom is -0.460 e. The number of carbonyl (C=O) groups is 2. The number of ether oxygens (including phenoxy) is 2. The fraction of sp³-hybridized carbons (Fsp3) is 0.619. The number of carbonyl (C=O) groups excluding carboxylic acids is 2. The van der Waals surface area contributed by atoms with E-state index in [0.29, 0.717) is 18.4 Å².